The molecule has 0 spiro atoms. The summed E-state index contributed by atoms with van der Waals surface area (Å²) in [5.74, 6) is -0.717. The van der Waals surface area contributed by atoms with Gasteiger partial charge in [0.25, 0.3) is 5.91 Å². The van der Waals surface area contributed by atoms with E-state index in [0.717, 1.165) is 5.56 Å². The lowest BCUT2D eigenvalue weighted by atomic mass is 10.1. The Bertz CT molecular complexity index is 482. The Morgan fingerprint density at radius 3 is 2.30 bits per heavy atom. The van der Waals surface area contributed by atoms with E-state index in [0.29, 0.717) is 12.1 Å². The Kier molecular flexibility index (Phi) is 6.22. The minimum atomic E-state index is -0.365. The number of esters is 1. The van der Waals surface area contributed by atoms with Gasteiger partial charge in [0.05, 0.1) is 13.5 Å². The highest BCUT2D eigenvalue weighted by molar-refractivity contribution is 5.94. The highest BCUT2D eigenvalue weighted by atomic mass is 16.5. The van der Waals surface area contributed by atoms with Crippen LogP contribution in [-0.4, -0.2) is 31.4 Å². The van der Waals surface area contributed by atoms with Crippen molar-refractivity contribution < 1.29 is 19.1 Å². The Balaban J connectivity index is 2.44. The molecule has 2 amide bonds. The summed E-state index contributed by atoms with van der Waals surface area (Å²) in [6.07, 6.45) is 0.142. The molecular formula is C14H18N2O4. The molecule has 0 fully saturated rings. The molecule has 0 aliphatic rings. The summed E-state index contributed by atoms with van der Waals surface area (Å²) in [7, 11) is 1.30. The number of hydrogen-bond donors (Lipinski definition) is 2. The van der Waals surface area contributed by atoms with Gasteiger partial charge >= 0.3 is 5.97 Å². The van der Waals surface area contributed by atoms with Crippen molar-refractivity contribution >= 4 is 17.8 Å². The third-order valence-corrected chi connectivity index (χ3v) is 2.60. The number of rotatable bonds is 6. The zero-order chi connectivity index (χ0) is 15.0. The molecule has 6 heteroatoms. The van der Waals surface area contributed by atoms with E-state index in [-0.39, 0.29) is 30.7 Å². The van der Waals surface area contributed by atoms with Crippen LogP contribution in [0.2, 0.25) is 0 Å². The molecule has 0 aliphatic carbocycles. The number of benzene rings is 1. The predicted molar refractivity (Wildman–Crippen MR) is 72.9 cm³/mol. The first kappa shape index (κ1) is 15.7. The van der Waals surface area contributed by atoms with Gasteiger partial charge in [-0.1, -0.05) is 12.1 Å². The molecule has 0 heterocycles. The average molecular weight is 278 g/mol. The van der Waals surface area contributed by atoms with E-state index in [1.54, 1.807) is 24.3 Å². The fourth-order valence-corrected chi connectivity index (χ4v) is 1.48. The summed E-state index contributed by atoms with van der Waals surface area (Å²) in [5.41, 5.74) is 1.41. The molecule has 2 N–H and O–H groups in total. The van der Waals surface area contributed by atoms with Crippen molar-refractivity contribution in [3.8, 4) is 0 Å². The van der Waals surface area contributed by atoms with Gasteiger partial charge in [-0.2, -0.15) is 0 Å². The molecule has 6 nitrogen and oxygen atoms in total. The monoisotopic (exact) mass is 278 g/mol. The van der Waals surface area contributed by atoms with Crippen molar-refractivity contribution in [3.05, 3.63) is 35.4 Å². The normalized spacial score (nSPS) is 9.70. The van der Waals surface area contributed by atoms with E-state index in [4.69, 9.17) is 0 Å². The zero-order valence-corrected chi connectivity index (χ0v) is 11.6. The number of carbonyl (C=O) groups excluding carboxylic acids is 3. The minimum Gasteiger partial charge on any atom is -0.469 e. The average Bonchev–Trinajstić information content (AvgIpc) is 2.45. The minimum absolute atomic E-state index is 0.102. The standard InChI is InChI=1S/C14H18N2O4/c1-10(17)16-9-11-3-5-12(6-4-11)14(19)15-8-7-13(18)20-2/h3-6H,7-9H2,1-2H3,(H,15,19)(H,16,17). The van der Waals surface area contributed by atoms with E-state index < -0.39 is 0 Å². The molecular weight excluding hydrogens is 260 g/mol. The Morgan fingerprint density at radius 2 is 1.75 bits per heavy atom. The van der Waals surface area contributed by atoms with Gasteiger partial charge in [-0.15, -0.1) is 0 Å². The van der Waals surface area contributed by atoms with Crippen LogP contribution in [-0.2, 0) is 20.9 Å². The maximum atomic E-state index is 11.8. The van der Waals surface area contributed by atoms with Crippen LogP contribution in [0.15, 0.2) is 24.3 Å². The lowest BCUT2D eigenvalue weighted by Crippen LogP contribution is -2.26. The number of hydrogen-bond acceptors (Lipinski definition) is 4. The predicted octanol–water partition coefficient (Wildman–Crippen LogP) is 0.616. The highest BCUT2D eigenvalue weighted by Gasteiger charge is 2.06. The van der Waals surface area contributed by atoms with Gasteiger partial charge in [0.15, 0.2) is 0 Å². The van der Waals surface area contributed by atoms with E-state index in [9.17, 15) is 14.4 Å². The largest absolute Gasteiger partial charge is 0.469 e. The Morgan fingerprint density at radius 1 is 1.10 bits per heavy atom. The summed E-state index contributed by atoms with van der Waals surface area (Å²) >= 11 is 0. The molecule has 1 rings (SSSR count). The molecule has 0 atom stereocenters. The third-order valence-electron chi connectivity index (χ3n) is 2.60. The van der Waals surface area contributed by atoms with E-state index in [2.05, 4.69) is 15.4 Å². The second-order valence-electron chi connectivity index (χ2n) is 4.19. The van der Waals surface area contributed by atoms with E-state index in [1.807, 2.05) is 0 Å². The van der Waals surface area contributed by atoms with Gasteiger partial charge in [0, 0.05) is 25.6 Å². The molecule has 0 unspecified atom stereocenters. The van der Waals surface area contributed by atoms with Crippen molar-refractivity contribution in [2.24, 2.45) is 0 Å². The lowest BCUT2D eigenvalue weighted by Gasteiger charge is -2.06. The lowest BCUT2D eigenvalue weighted by molar-refractivity contribution is -0.140. The zero-order valence-electron chi connectivity index (χ0n) is 11.6. The second kappa shape index (κ2) is 7.93. The number of ether oxygens (including phenoxy) is 1. The van der Waals surface area contributed by atoms with Crippen LogP contribution < -0.4 is 10.6 Å². The molecule has 1 aromatic rings. The SMILES string of the molecule is COC(=O)CCNC(=O)c1ccc(CNC(C)=O)cc1. The molecule has 108 valence electrons. The van der Waals surface area contributed by atoms with Gasteiger partial charge in [-0.05, 0) is 17.7 Å². The fourth-order valence-electron chi connectivity index (χ4n) is 1.48. The first-order valence-electron chi connectivity index (χ1n) is 6.21. The number of amides is 2. The molecule has 0 aromatic heterocycles. The van der Waals surface area contributed by atoms with Crippen molar-refractivity contribution in [2.45, 2.75) is 19.9 Å². The first-order valence-corrected chi connectivity index (χ1v) is 6.21. The Hall–Kier alpha value is -2.37. The summed E-state index contributed by atoms with van der Waals surface area (Å²) in [4.78, 5) is 33.4. The van der Waals surface area contributed by atoms with E-state index in [1.165, 1.54) is 14.0 Å². The van der Waals surface area contributed by atoms with Crippen molar-refractivity contribution in [1.82, 2.24) is 10.6 Å². The summed E-state index contributed by atoms with van der Waals surface area (Å²) in [5, 5.41) is 5.30. The van der Waals surface area contributed by atoms with Crippen LogP contribution in [0.1, 0.15) is 29.3 Å². The molecule has 0 radical (unpaired) electrons. The van der Waals surface area contributed by atoms with Crippen molar-refractivity contribution in [1.29, 1.82) is 0 Å². The summed E-state index contributed by atoms with van der Waals surface area (Å²) < 4.78 is 4.47. The highest BCUT2D eigenvalue weighted by Crippen LogP contribution is 2.04. The molecule has 0 aliphatic heterocycles. The van der Waals surface area contributed by atoms with Crippen LogP contribution in [0.3, 0.4) is 0 Å². The van der Waals surface area contributed by atoms with Crippen molar-refractivity contribution in [3.63, 3.8) is 0 Å². The van der Waals surface area contributed by atoms with Gasteiger partial charge in [-0.25, -0.2) is 0 Å². The van der Waals surface area contributed by atoms with Gasteiger partial charge in [0.1, 0.15) is 0 Å². The van der Waals surface area contributed by atoms with Crippen LogP contribution in [0.4, 0.5) is 0 Å². The van der Waals surface area contributed by atoms with Crippen LogP contribution in [0.5, 0.6) is 0 Å². The smallest absolute Gasteiger partial charge is 0.307 e. The maximum Gasteiger partial charge on any atom is 0.307 e. The summed E-state index contributed by atoms with van der Waals surface area (Å²) in [6, 6.07) is 6.88. The third kappa shape index (κ3) is 5.51. The van der Waals surface area contributed by atoms with Crippen LogP contribution in [0.25, 0.3) is 0 Å². The number of carbonyl (C=O) groups is 3. The molecule has 20 heavy (non-hydrogen) atoms. The molecule has 0 saturated carbocycles. The second-order valence-corrected chi connectivity index (χ2v) is 4.19. The summed E-state index contributed by atoms with van der Waals surface area (Å²) in [6.45, 7) is 2.11. The van der Waals surface area contributed by atoms with Crippen LogP contribution >= 0.6 is 0 Å². The van der Waals surface area contributed by atoms with Gasteiger partial charge in [-0.3, -0.25) is 14.4 Å². The van der Waals surface area contributed by atoms with Gasteiger partial charge in [0.2, 0.25) is 5.91 Å². The topological polar surface area (TPSA) is 84.5 Å². The fraction of sp³-hybridized carbons (Fsp3) is 0.357. The van der Waals surface area contributed by atoms with Crippen LogP contribution in [0, 0.1) is 0 Å². The van der Waals surface area contributed by atoms with E-state index >= 15 is 0 Å². The molecule has 0 saturated heterocycles. The number of methoxy groups -OCH3 is 1. The maximum absolute atomic E-state index is 11.8. The first-order chi connectivity index (χ1) is 9.52. The van der Waals surface area contributed by atoms with Crippen molar-refractivity contribution in [2.75, 3.05) is 13.7 Å². The molecule has 0 bridgehead atoms. The molecule has 1 aromatic carbocycles. The van der Waals surface area contributed by atoms with Gasteiger partial charge < -0.3 is 15.4 Å². The number of nitrogens with one attached hydrogen (secondary N) is 2. The Labute approximate surface area is 117 Å². The quantitative estimate of drug-likeness (QED) is 0.747.